The molecule has 1 saturated heterocycles. The molecule has 3 unspecified atom stereocenters. The number of anilines is 1. The van der Waals surface area contributed by atoms with Gasteiger partial charge in [0.1, 0.15) is 35.9 Å². The van der Waals surface area contributed by atoms with E-state index in [0.29, 0.717) is 17.2 Å². The molecule has 1 fully saturated rings. The minimum Gasteiger partial charge on any atom is -0.497 e. The van der Waals surface area contributed by atoms with Crippen LogP contribution >= 0.6 is 0 Å². The molecule has 3 rings (SSSR count). The number of ether oxygens (including phenoxy) is 3. The van der Waals surface area contributed by atoms with Crippen molar-refractivity contribution in [2.45, 2.75) is 30.7 Å². The lowest BCUT2D eigenvalue weighted by Gasteiger charge is -2.39. The zero-order chi connectivity index (χ0) is 22.4. The van der Waals surface area contributed by atoms with Crippen LogP contribution in [0, 0.1) is 0 Å². The molecular weight excluding hydrogens is 406 g/mol. The topological polar surface area (TPSA) is 138 Å². The maximum Gasteiger partial charge on any atom is 0.248 e. The first-order chi connectivity index (χ1) is 14.9. The first kappa shape index (κ1) is 22.7. The maximum atomic E-state index is 12.1. The van der Waals surface area contributed by atoms with Gasteiger partial charge in [0.15, 0.2) is 0 Å². The summed E-state index contributed by atoms with van der Waals surface area (Å²) >= 11 is 0. The number of benzene rings is 2. The van der Waals surface area contributed by atoms with Gasteiger partial charge in [-0.1, -0.05) is 12.1 Å². The molecule has 1 aliphatic rings. The van der Waals surface area contributed by atoms with Gasteiger partial charge in [-0.15, -0.1) is 0 Å². The molecule has 31 heavy (non-hydrogen) atoms. The Labute approximate surface area is 179 Å². The molecule has 0 spiro atoms. The molecule has 1 amide bonds. The van der Waals surface area contributed by atoms with Crippen LogP contribution in [0.5, 0.6) is 11.5 Å². The van der Waals surface area contributed by atoms with Crippen LogP contribution in [0.15, 0.2) is 54.6 Å². The first-order valence-corrected chi connectivity index (χ1v) is 9.61. The van der Waals surface area contributed by atoms with Crippen LogP contribution in [0.4, 0.5) is 5.69 Å². The lowest BCUT2D eigenvalue weighted by atomic mass is 9.99. The standard InChI is InChI=1S/C22H25NO8/c1-29-15-9-5-14(6-10-15)23-18(25)11-4-13-2-7-16(8-3-13)30-22-21(28)20(27)19(26)17(12-24)31-22/h2-11,17,19-22,24,26-28H,12H2,1H3,(H,23,25)/b11-4+/t17?,19-,20?,21?,22+/m0/s1. The second-order valence-electron chi connectivity index (χ2n) is 6.94. The molecule has 166 valence electrons. The SMILES string of the molecule is COc1ccc(NC(=O)/C=C/c2ccc(O[C@@H]3OC(CO)[C@H](O)C(O)C3O)cc2)cc1. The molecule has 0 aromatic heterocycles. The number of amides is 1. The average molecular weight is 431 g/mol. The van der Waals surface area contributed by atoms with Gasteiger partial charge in [-0.05, 0) is 48.0 Å². The van der Waals surface area contributed by atoms with Crippen LogP contribution < -0.4 is 14.8 Å². The van der Waals surface area contributed by atoms with Crippen LogP contribution in [-0.4, -0.2) is 70.8 Å². The number of hydrogen-bond acceptors (Lipinski definition) is 8. The van der Waals surface area contributed by atoms with Gasteiger partial charge in [0.2, 0.25) is 12.2 Å². The highest BCUT2D eigenvalue weighted by Crippen LogP contribution is 2.24. The lowest BCUT2D eigenvalue weighted by Crippen LogP contribution is -2.60. The van der Waals surface area contributed by atoms with Crippen LogP contribution in [0.1, 0.15) is 5.56 Å². The van der Waals surface area contributed by atoms with Gasteiger partial charge in [0, 0.05) is 11.8 Å². The number of nitrogens with one attached hydrogen (secondary N) is 1. The van der Waals surface area contributed by atoms with Crippen LogP contribution in [0.3, 0.4) is 0 Å². The summed E-state index contributed by atoms with van der Waals surface area (Å²) in [4.78, 5) is 12.1. The van der Waals surface area contributed by atoms with E-state index in [1.165, 1.54) is 6.08 Å². The van der Waals surface area contributed by atoms with E-state index >= 15 is 0 Å². The Bertz CT molecular complexity index is 881. The third-order valence-electron chi connectivity index (χ3n) is 4.77. The predicted octanol–water partition coefficient (Wildman–Crippen LogP) is 0.526. The quantitative estimate of drug-likeness (QED) is 0.400. The Kier molecular flexibility index (Phi) is 7.61. The summed E-state index contributed by atoms with van der Waals surface area (Å²) in [6.07, 6.45) is -3.74. The molecular formula is C22H25NO8. The molecule has 1 aliphatic heterocycles. The fourth-order valence-electron chi connectivity index (χ4n) is 2.99. The number of methoxy groups -OCH3 is 1. The smallest absolute Gasteiger partial charge is 0.248 e. The number of carbonyl (C=O) groups excluding carboxylic acids is 1. The van der Waals surface area contributed by atoms with Crippen molar-refractivity contribution in [3.63, 3.8) is 0 Å². The van der Waals surface area contributed by atoms with Crippen LogP contribution in [0.2, 0.25) is 0 Å². The minimum absolute atomic E-state index is 0.299. The van der Waals surface area contributed by atoms with Gasteiger partial charge in [0.25, 0.3) is 0 Å². The van der Waals surface area contributed by atoms with Crippen molar-refractivity contribution in [2.75, 3.05) is 19.0 Å². The Balaban J connectivity index is 1.56. The van der Waals surface area contributed by atoms with E-state index in [9.17, 15) is 25.2 Å². The summed E-state index contributed by atoms with van der Waals surface area (Å²) in [6.45, 7) is -0.535. The highest BCUT2D eigenvalue weighted by molar-refractivity contribution is 6.01. The zero-order valence-electron chi connectivity index (χ0n) is 16.8. The monoisotopic (exact) mass is 431 g/mol. The van der Waals surface area contributed by atoms with Crippen molar-refractivity contribution in [3.8, 4) is 11.5 Å². The second-order valence-corrected chi connectivity index (χ2v) is 6.94. The molecule has 0 radical (unpaired) electrons. The molecule has 9 heteroatoms. The van der Waals surface area contributed by atoms with Crippen molar-refractivity contribution >= 4 is 17.7 Å². The maximum absolute atomic E-state index is 12.1. The van der Waals surface area contributed by atoms with E-state index in [4.69, 9.17) is 14.2 Å². The van der Waals surface area contributed by atoms with Crippen molar-refractivity contribution in [3.05, 3.63) is 60.2 Å². The predicted molar refractivity (Wildman–Crippen MR) is 111 cm³/mol. The van der Waals surface area contributed by atoms with E-state index in [-0.39, 0.29) is 5.91 Å². The lowest BCUT2D eigenvalue weighted by molar-refractivity contribution is -0.277. The van der Waals surface area contributed by atoms with E-state index in [0.717, 1.165) is 5.56 Å². The number of hydrogen-bond donors (Lipinski definition) is 5. The summed E-state index contributed by atoms with van der Waals surface area (Å²) in [5, 5.41) is 41.6. The summed E-state index contributed by atoms with van der Waals surface area (Å²) in [5.41, 5.74) is 1.37. The number of rotatable bonds is 7. The highest BCUT2D eigenvalue weighted by atomic mass is 16.7. The van der Waals surface area contributed by atoms with Gasteiger partial charge in [-0.3, -0.25) is 4.79 Å². The van der Waals surface area contributed by atoms with Crippen molar-refractivity contribution in [2.24, 2.45) is 0 Å². The normalized spacial score (nSPS) is 25.9. The Morgan fingerprint density at radius 3 is 2.26 bits per heavy atom. The van der Waals surface area contributed by atoms with E-state index < -0.39 is 37.3 Å². The molecule has 1 heterocycles. The molecule has 0 aliphatic carbocycles. The molecule has 0 saturated carbocycles. The molecule has 5 N–H and O–H groups in total. The summed E-state index contributed by atoms with van der Waals surface area (Å²) < 4.78 is 15.9. The fourth-order valence-corrected chi connectivity index (χ4v) is 2.99. The molecule has 5 atom stereocenters. The average Bonchev–Trinajstić information content (AvgIpc) is 2.79. The first-order valence-electron chi connectivity index (χ1n) is 9.61. The van der Waals surface area contributed by atoms with E-state index in [1.807, 2.05) is 0 Å². The summed E-state index contributed by atoms with van der Waals surface area (Å²) in [7, 11) is 1.57. The Morgan fingerprint density at radius 1 is 1.00 bits per heavy atom. The largest absolute Gasteiger partial charge is 0.497 e. The van der Waals surface area contributed by atoms with Gasteiger partial charge < -0.3 is 40.0 Å². The van der Waals surface area contributed by atoms with Gasteiger partial charge in [-0.2, -0.15) is 0 Å². The summed E-state index contributed by atoms with van der Waals surface area (Å²) in [6, 6.07) is 13.5. The summed E-state index contributed by atoms with van der Waals surface area (Å²) in [5.74, 6) is 0.732. The van der Waals surface area contributed by atoms with Crippen LogP contribution in [0.25, 0.3) is 6.08 Å². The third kappa shape index (κ3) is 5.81. The molecule has 2 aromatic carbocycles. The third-order valence-corrected chi connectivity index (χ3v) is 4.77. The van der Waals surface area contributed by atoms with Crippen molar-refractivity contribution in [1.29, 1.82) is 0 Å². The fraction of sp³-hybridized carbons (Fsp3) is 0.318. The number of aliphatic hydroxyl groups is 4. The number of aliphatic hydroxyl groups excluding tert-OH is 4. The highest BCUT2D eigenvalue weighted by Gasteiger charge is 2.44. The van der Waals surface area contributed by atoms with Gasteiger partial charge >= 0.3 is 0 Å². The number of carbonyl (C=O) groups is 1. The van der Waals surface area contributed by atoms with E-state index in [1.54, 1.807) is 61.7 Å². The van der Waals surface area contributed by atoms with Gasteiger partial charge in [-0.25, -0.2) is 0 Å². The van der Waals surface area contributed by atoms with Crippen molar-refractivity contribution in [1.82, 2.24) is 0 Å². The minimum atomic E-state index is -1.51. The second kappa shape index (κ2) is 10.4. The zero-order valence-corrected chi connectivity index (χ0v) is 16.8. The Morgan fingerprint density at radius 2 is 1.65 bits per heavy atom. The molecule has 9 nitrogen and oxygen atoms in total. The van der Waals surface area contributed by atoms with Crippen LogP contribution in [-0.2, 0) is 9.53 Å². The molecule has 0 bridgehead atoms. The Hall–Kier alpha value is -2.95. The van der Waals surface area contributed by atoms with E-state index in [2.05, 4.69) is 5.32 Å². The molecule has 2 aromatic rings. The van der Waals surface area contributed by atoms with Crippen molar-refractivity contribution < 1.29 is 39.4 Å². The van der Waals surface area contributed by atoms with Gasteiger partial charge in [0.05, 0.1) is 13.7 Å².